The van der Waals surface area contributed by atoms with Gasteiger partial charge in [0.25, 0.3) is 0 Å². The maximum absolute atomic E-state index is 11.9. The van der Waals surface area contributed by atoms with Gasteiger partial charge in [-0.15, -0.1) is 0 Å². The molecule has 0 aromatic heterocycles. The molecule has 0 aliphatic carbocycles. The zero-order chi connectivity index (χ0) is 44.7. The molecule has 0 bridgehead atoms. The van der Waals surface area contributed by atoms with E-state index >= 15 is 0 Å². The highest BCUT2D eigenvalue weighted by Gasteiger charge is 2.40. The topological polar surface area (TPSA) is 162 Å². The van der Waals surface area contributed by atoms with Crippen molar-refractivity contribution < 1.29 is 40.9 Å². The van der Waals surface area contributed by atoms with E-state index in [-0.39, 0.29) is 46.0 Å². The van der Waals surface area contributed by atoms with E-state index in [1.165, 1.54) is 24.3 Å². The van der Waals surface area contributed by atoms with Crippen molar-refractivity contribution in [2.45, 2.75) is 24.7 Å². The van der Waals surface area contributed by atoms with Gasteiger partial charge in [0.2, 0.25) is 0 Å². The van der Waals surface area contributed by atoms with Gasteiger partial charge in [0.15, 0.2) is 0 Å². The number of phenolic OH excluding ortho intramolecular Hbond substituents is 8. The Bertz CT molecular complexity index is 3090. The number of aromatic hydroxyl groups is 8. The Kier molecular flexibility index (Phi) is 9.09. The molecule has 8 heteroatoms. The smallest absolute Gasteiger partial charge is 0.128 e. The van der Waals surface area contributed by atoms with Crippen LogP contribution < -0.4 is 0 Å². The lowest BCUT2D eigenvalue weighted by Gasteiger charge is -2.34. The molecular weight excluding hydrogens is 801 g/mol. The van der Waals surface area contributed by atoms with E-state index in [9.17, 15) is 40.9 Å². The van der Waals surface area contributed by atoms with Gasteiger partial charge >= 0.3 is 0 Å². The van der Waals surface area contributed by atoms with Crippen LogP contribution in [0.15, 0.2) is 170 Å². The summed E-state index contributed by atoms with van der Waals surface area (Å²) in [5, 5.41) is 96.7. The van der Waals surface area contributed by atoms with Crippen molar-refractivity contribution in [2.24, 2.45) is 0 Å². The van der Waals surface area contributed by atoms with Crippen LogP contribution in [-0.4, -0.2) is 40.9 Å². The third kappa shape index (κ3) is 5.83. The summed E-state index contributed by atoms with van der Waals surface area (Å²) in [4.78, 5) is 0. The van der Waals surface area contributed by atoms with Crippen LogP contribution in [0, 0.1) is 0 Å². The maximum atomic E-state index is 11.9. The van der Waals surface area contributed by atoms with Crippen molar-refractivity contribution in [1.82, 2.24) is 0 Å². The summed E-state index contributed by atoms with van der Waals surface area (Å²) in [7, 11) is 0. The molecule has 0 atom stereocenters. The molecular formula is C56H42O8. The second-order valence-corrected chi connectivity index (χ2v) is 16.8. The zero-order valence-electron chi connectivity index (χ0n) is 34.7. The van der Waals surface area contributed by atoms with Crippen LogP contribution in [0.25, 0.3) is 54.2 Å². The monoisotopic (exact) mass is 842 g/mol. The van der Waals surface area contributed by atoms with Gasteiger partial charge in [-0.25, -0.2) is 0 Å². The van der Waals surface area contributed by atoms with E-state index in [2.05, 4.69) is 0 Å². The minimum atomic E-state index is -1.32. The predicted molar refractivity (Wildman–Crippen MR) is 252 cm³/mol. The first kappa shape index (κ1) is 39.8. The van der Waals surface area contributed by atoms with Gasteiger partial charge in [0.05, 0.1) is 0 Å². The van der Waals surface area contributed by atoms with Crippen LogP contribution in [0.1, 0.15) is 47.2 Å². The Morgan fingerprint density at radius 2 is 0.469 bits per heavy atom. The third-order valence-corrected chi connectivity index (χ3v) is 13.4. The van der Waals surface area contributed by atoms with E-state index in [1.807, 2.05) is 62.4 Å². The van der Waals surface area contributed by atoms with Crippen molar-refractivity contribution in [3.8, 4) is 57.1 Å². The second-order valence-electron chi connectivity index (χ2n) is 16.8. The molecule has 8 nitrogen and oxygen atoms in total. The minimum Gasteiger partial charge on any atom is -0.507 e. The lowest BCUT2D eigenvalue weighted by atomic mass is 9.68. The number of phenols is 8. The molecule has 0 heterocycles. The maximum Gasteiger partial charge on any atom is 0.128 e. The fourth-order valence-electron chi connectivity index (χ4n) is 9.79. The van der Waals surface area contributed by atoms with Crippen LogP contribution in [0.5, 0.6) is 46.0 Å². The van der Waals surface area contributed by atoms with Crippen LogP contribution in [0.3, 0.4) is 0 Å². The lowest BCUT2D eigenvalue weighted by Crippen LogP contribution is -2.26. The standard InChI is InChI=1S/C56H42O8/c1-55(43-27-47(57)35-11-3-7-15-39(35)51(43)61,44-28-48(58)36-12-4-8-16-40(36)52(44)62)33-23-19-31(20-24-33)32-21-25-34(26-22-32)56(2,45-29-49(59)37-13-5-9-17-41(37)53(45)63)46-30-50(60)38-14-6-10-18-42(38)54(46)64/h3-30,57-64H,1-2H3. The molecule has 8 N–H and O–H groups in total. The van der Waals surface area contributed by atoms with E-state index in [0.29, 0.717) is 76.5 Å². The average Bonchev–Trinajstić information content (AvgIpc) is 3.33. The summed E-state index contributed by atoms with van der Waals surface area (Å²) in [6.45, 7) is 3.67. The molecule has 0 amide bonds. The van der Waals surface area contributed by atoms with Crippen molar-refractivity contribution in [3.63, 3.8) is 0 Å². The molecule has 10 aromatic rings. The van der Waals surface area contributed by atoms with Crippen molar-refractivity contribution >= 4 is 43.1 Å². The molecule has 0 radical (unpaired) electrons. The van der Waals surface area contributed by atoms with Crippen molar-refractivity contribution in [3.05, 3.63) is 203 Å². The molecule has 314 valence electrons. The number of hydrogen-bond donors (Lipinski definition) is 8. The highest BCUT2D eigenvalue weighted by atomic mass is 16.3. The molecule has 0 saturated carbocycles. The lowest BCUT2D eigenvalue weighted by molar-refractivity contribution is 0.438. The third-order valence-electron chi connectivity index (χ3n) is 13.4. The van der Waals surface area contributed by atoms with Gasteiger partial charge in [-0.1, -0.05) is 146 Å². The summed E-state index contributed by atoms with van der Waals surface area (Å²) in [6.07, 6.45) is 0. The number of hydrogen-bond acceptors (Lipinski definition) is 8. The van der Waals surface area contributed by atoms with Gasteiger partial charge in [-0.3, -0.25) is 0 Å². The van der Waals surface area contributed by atoms with Crippen LogP contribution >= 0.6 is 0 Å². The van der Waals surface area contributed by atoms with E-state index in [0.717, 1.165) is 11.1 Å². The molecule has 0 aliphatic rings. The number of rotatable bonds is 7. The Balaban J connectivity index is 1.12. The van der Waals surface area contributed by atoms with Crippen LogP contribution in [0.4, 0.5) is 0 Å². The summed E-state index contributed by atoms with van der Waals surface area (Å²) < 4.78 is 0. The van der Waals surface area contributed by atoms with Gasteiger partial charge in [0.1, 0.15) is 46.0 Å². The minimum absolute atomic E-state index is 0.0534. The van der Waals surface area contributed by atoms with E-state index in [1.54, 1.807) is 97.1 Å². The SMILES string of the molecule is CC(c1ccc(-c2ccc(C(C)(c3cc(O)c4ccccc4c3O)c3cc(O)c4ccccc4c3O)cc2)cc1)(c1cc(O)c2ccccc2c1O)c1cc(O)c2ccccc2c1O. The van der Waals surface area contributed by atoms with Crippen molar-refractivity contribution in [2.75, 3.05) is 0 Å². The predicted octanol–water partition coefficient (Wildman–Crippen LogP) is 12.3. The van der Waals surface area contributed by atoms with Gasteiger partial charge < -0.3 is 40.9 Å². The first-order valence-corrected chi connectivity index (χ1v) is 20.8. The molecule has 0 fully saturated rings. The Morgan fingerprint density at radius 3 is 0.688 bits per heavy atom. The highest BCUT2D eigenvalue weighted by molar-refractivity contribution is 5.99. The zero-order valence-corrected chi connectivity index (χ0v) is 34.7. The Morgan fingerprint density at radius 1 is 0.266 bits per heavy atom. The Labute approximate surface area is 367 Å². The summed E-state index contributed by atoms with van der Waals surface area (Å²) in [5.74, 6) is -0.539. The Hall–Kier alpha value is -8.36. The fraction of sp³-hybridized carbons (Fsp3) is 0.0714. The molecule has 0 aliphatic heterocycles. The van der Waals surface area contributed by atoms with Crippen LogP contribution in [0.2, 0.25) is 0 Å². The average molecular weight is 843 g/mol. The molecule has 0 spiro atoms. The molecule has 64 heavy (non-hydrogen) atoms. The normalized spacial score (nSPS) is 12.1. The fourth-order valence-corrected chi connectivity index (χ4v) is 9.79. The summed E-state index contributed by atoms with van der Waals surface area (Å²) >= 11 is 0. The van der Waals surface area contributed by atoms with Crippen molar-refractivity contribution in [1.29, 1.82) is 0 Å². The summed E-state index contributed by atoms with van der Waals surface area (Å²) in [6, 6.07) is 49.2. The van der Waals surface area contributed by atoms with Gasteiger partial charge in [0, 0.05) is 76.2 Å². The summed E-state index contributed by atoms with van der Waals surface area (Å²) in [5.41, 5.74) is 1.55. The highest BCUT2D eigenvalue weighted by Crippen LogP contribution is 2.54. The molecule has 10 rings (SSSR count). The van der Waals surface area contributed by atoms with E-state index in [4.69, 9.17) is 0 Å². The molecule has 10 aromatic carbocycles. The van der Waals surface area contributed by atoms with Gasteiger partial charge in [-0.2, -0.15) is 0 Å². The largest absolute Gasteiger partial charge is 0.507 e. The van der Waals surface area contributed by atoms with Crippen LogP contribution in [-0.2, 0) is 10.8 Å². The first-order chi connectivity index (χ1) is 30.8. The number of fused-ring (bicyclic) bond motifs is 4. The molecule has 0 saturated heterocycles. The van der Waals surface area contributed by atoms with Gasteiger partial charge in [-0.05, 0) is 60.4 Å². The second kappa shape index (κ2) is 14.6. The first-order valence-electron chi connectivity index (χ1n) is 20.8. The number of benzene rings is 10. The van der Waals surface area contributed by atoms with E-state index < -0.39 is 10.8 Å². The quantitative estimate of drug-likeness (QED) is 0.0581. The molecule has 0 unspecified atom stereocenters.